The first-order valence-electron chi connectivity index (χ1n) is 10.7. The predicted octanol–water partition coefficient (Wildman–Crippen LogP) is 6.81. The van der Waals surface area contributed by atoms with E-state index in [2.05, 4.69) is 39.1 Å². The number of anilines is 3. The lowest BCUT2D eigenvalue weighted by atomic mass is 10.1. The Bertz CT molecular complexity index is 1560. The zero-order valence-electron chi connectivity index (χ0n) is 17.6. The number of nitrogens with zero attached hydrogens (tertiary/aromatic N) is 2. The van der Waals surface area contributed by atoms with E-state index in [9.17, 15) is 4.79 Å². The maximum absolute atomic E-state index is 12.9. The number of H-pyrrole nitrogens is 1. The van der Waals surface area contributed by atoms with E-state index in [1.54, 1.807) is 0 Å². The number of aromatic nitrogens is 2. The molecule has 1 N–H and O–H groups in total. The third-order valence-corrected chi connectivity index (χ3v) is 5.65. The van der Waals surface area contributed by atoms with Crippen LogP contribution in [0, 0.1) is 0 Å². The molecule has 0 aliphatic carbocycles. The average Bonchev–Trinajstić information content (AvgIpc) is 3.29. The van der Waals surface area contributed by atoms with E-state index in [0.29, 0.717) is 17.0 Å². The van der Waals surface area contributed by atoms with E-state index >= 15 is 0 Å². The second-order valence-corrected chi connectivity index (χ2v) is 7.78. The quantitative estimate of drug-likeness (QED) is 0.313. The summed E-state index contributed by atoms with van der Waals surface area (Å²) in [6, 6.07) is 35.7. The highest BCUT2D eigenvalue weighted by atomic mass is 16.4. The molecule has 33 heavy (non-hydrogen) atoms. The molecule has 2 aromatic heterocycles. The molecular formula is C28H19N3O2. The van der Waals surface area contributed by atoms with Gasteiger partial charge in [0.2, 0.25) is 0 Å². The zero-order valence-corrected chi connectivity index (χ0v) is 17.6. The fraction of sp³-hybridized carbons (Fsp3) is 0. The normalized spacial score (nSPS) is 11.2. The van der Waals surface area contributed by atoms with Gasteiger partial charge in [-0.1, -0.05) is 48.5 Å². The highest BCUT2D eigenvalue weighted by molar-refractivity contribution is 5.88. The lowest BCUT2D eigenvalue weighted by Gasteiger charge is -2.25. The highest BCUT2D eigenvalue weighted by Gasteiger charge is 2.16. The average molecular weight is 429 g/mol. The number of aromatic amines is 1. The summed E-state index contributed by atoms with van der Waals surface area (Å²) < 4.78 is 5.76. The smallest absolute Gasteiger partial charge is 0.347 e. The zero-order chi connectivity index (χ0) is 22.2. The molecule has 0 amide bonds. The Kier molecular flexibility index (Phi) is 4.51. The molecule has 0 fully saturated rings. The molecule has 6 aromatic rings. The Balaban J connectivity index is 1.48. The summed E-state index contributed by atoms with van der Waals surface area (Å²) in [5, 5.41) is 0.829. The van der Waals surface area contributed by atoms with E-state index in [1.165, 1.54) is 0 Å². The van der Waals surface area contributed by atoms with Crippen molar-refractivity contribution in [1.82, 2.24) is 9.97 Å². The van der Waals surface area contributed by atoms with Gasteiger partial charge in [0.1, 0.15) is 17.0 Å². The van der Waals surface area contributed by atoms with Crippen LogP contribution in [0.3, 0.4) is 0 Å². The minimum atomic E-state index is -0.426. The molecule has 5 heteroatoms. The van der Waals surface area contributed by atoms with E-state index in [1.807, 2.05) is 84.9 Å². The van der Waals surface area contributed by atoms with Crippen molar-refractivity contribution in [1.29, 1.82) is 0 Å². The minimum Gasteiger partial charge on any atom is -0.422 e. The summed E-state index contributed by atoms with van der Waals surface area (Å²) in [6.45, 7) is 0. The topological polar surface area (TPSA) is 62.1 Å². The SMILES string of the molecule is O=c1oc2cc(N(c3ccccc3)c3ccccc3)ccc2cc1-c1nc2ccccc2[nH]1. The lowest BCUT2D eigenvalue weighted by Crippen LogP contribution is -2.10. The summed E-state index contributed by atoms with van der Waals surface area (Å²) in [7, 11) is 0. The maximum Gasteiger partial charge on any atom is 0.347 e. The molecule has 5 nitrogen and oxygen atoms in total. The molecule has 4 aromatic carbocycles. The lowest BCUT2D eigenvalue weighted by molar-refractivity contribution is 0.563. The molecule has 0 aliphatic rings. The Morgan fingerprint density at radius 3 is 2.06 bits per heavy atom. The molecular weight excluding hydrogens is 410 g/mol. The summed E-state index contributed by atoms with van der Waals surface area (Å²) in [4.78, 5) is 22.8. The summed E-state index contributed by atoms with van der Waals surface area (Å²) in [5.74, 6) is 0.506. The third-order valence-electron chi connectivity index (χ3n) is 5.65. The van der Waals surface area contributed by atoms with Crippen LogP contribution in [0.4, 0.5) is 17.1 Å². The second kappa shape index (κ2) is 7.80. The molecule has 0 saturated carbocycles. The van der Waals surface area contributed by atoms with E-state index in [0.717, 1.165) is 33.5 Å². The van der Waals surface area contributed by atoms with Crippen LogP contribution in [0.25, 0.3) is 33.4 Å². The fourth-order valence-electron chi connectivity index (χ4n) is 4.09. The minimum absolute atomic E-state index is 0.412. The van der Waals surface area contributed by atoms with Gasteiger partial charge in [-0.3, -0.25) is 0 Å². The van der Waals surface area contributed by atoms with E-state index < -0.39 is 5.63 Å². The van der Waals surface area contributed by atoms with Gasteiger partial charge in [-0.2, -0.15) is 0 Å². The van der Waals surface area contributed by atoms with Crippen LogP contribution < -0.4 is 10.5 Å². The predicted molar refractivity (Wildman–Crippen MR) is 132 cm³/mol. The van der Waals surface area contributed by atoms with Crippen molar-refractivity contribution in [3.63, 3.8) is 0 Å². The molecule has 0 bridgehead atoms. The molecule has 0 radical (unpaired) electrons. The Labute approximate surface area is 189 Å². The van der Waals surface area contributed by atoms with Gasteiger partial charge in [-0.05, 0) is 54.6 Å². The van der Waals surface area contributed by atoms with Crippen LogP contribution in [0.2, 0.25) is 0 Å². The monoisotopic (exact) mass is 429 g/mol. The number of nitrogens with one attached hydrogen (secondary N) is 1. The highest BCUT2D eigenvalue weighted by Crippen LogP contribution is 2.35. The van der Waals surface area contributed by atoms with Crippen LogP contribution >= 0.6 is 0 Å². The van der Waals surface area contributed by atoms with Crippen molar-refractivity contribution in [2.75, 3.05) is 4.90 Å². The number of fused-ring (bicyclic) bond motifs is 2. The van der Waals surface area contributed by atoms with Gasteiger partial charge in [-0.25, -0.2) is 9.78 Å². The Hall–Kier alpha value is -4.64. The van der Waals surface area contributed by atoms with Crippen LogP contribution in [-0.4, -0.2) is 9.97 Å². The summed E-state index contributed by atoms with van der Waals surface area (Å²) in [5.41, 5.74) is 5.13. The molecule has 0 spiro atoms. The molecule has 0 saturated heterocycles. The number of para-hydroxylation sites is 4. The van der Waals surface area contributed by atoms with Crippen molar-refractivity contribution in [2.24, 2.45) is 0 Å². The standard InChI is InChI=1S/C28H19N3O2/c32-28-23(27-29-24-13-7-8-14-25(24)30-27)17-19-15-16-22(18-26(19)33-28)31(20-9-3-1-4-10-20)21-11-5-2-6-12-21/h1-18H,(H,29,30). The molecule has 0 unspecified atom stereocenters. The summed E-state index contributed by atoms with van der Waals surface area (Å²) >= 11 is 0. The second-order valence-electron chi connectivity index (χ2n) is 7.78. The van der Waals surface area contributed by atoms with Gasteiger partial charge in [0.25, 0.3) is 0 Å². The number of benzene rings is 4. The fourth-order valence-corrected chi connectivity index (χ4v) is 4.09. The molecule has 2 heterocycles. The van der Waals surface area contributed by atoms with Crippen LogP contribution in [0.5, 0.6) is 0 Å². The van der Waals surface area contributed by atoms with Gasteiger partial charge in [0.15, 0.2) is 0 Å². The Morgan fingerprint density at radius 1 is 0.697 bits per heavy atom. The number of hydrogen-bond donors (Lipinski definition) is 1. The maximum atomic E-state index is 12.9. The Morgan fingerprint density at radius 2 is 1.36 bits per heavy atom. The largest absolute Gasteiger partial charge is 0.422 e. The molecule has 0 aliphatic heterocycles. The third kappa shape index (κ3) is 3.46. The first-order valence-corrected chi connectivity index (χ1v) is 10.7. The van der Waals surface area contributed by atoms with Gasteiger partial charge < -0.3 is 14.3 Å². The number of rotatable bonds is 4. The van der Waals surface area contributed by atoms with Crippen molar-refractivity contribution in [3.05, 3.63) is 120 Å². The van der Waals surface area contributed by atoms with Crippen molar-refractivity contribution >= 4 is 39.1 Å². The van der Waals surface area contributed by atoms with Crippen LogP contribution in [0.15, 0.2) is 118 Å². The first kappa shape index (κ1) is 19.1. The van der Waals surface area contributed by atoms with Gasteiger partial charge >= 0.3 is 5.63 Å². The van der Waals surface area contributed by atoms with Crippen LogP contribution in [0.1, 0.15) is 0 Å². The van der Waals surface area contributed by atoms with Gasteiger partial charge in [0, 0.05) is 28.5 Å². The molecule has 0 atom stereocenters. The molecule has 158 valence electrons. The molecule has 6 rings (SSSR count). The van der Waals surface area contributed by atoms with Crippen LogP contribution in [-0.2, 0) is 0 Å². The van der Waals surface area contributed by atoms with Gasteiger partial charge in [0.05, 0.1) is 11.0 Å². The van der Waals surface area contributed by atoms with E-state index in [4.69, 9.17) is 4.42 Å². The van der Waals surface area contributed by atoms with Crippen molar-refractivity contribution in [3.8, 4) is 11.4 Å². The first-order chi connectivity index (χ1) is 16.3. The van der Waals surface area contributed by atoms with E-state index in [-0.39, 0.29) is 0 Å². The number of hydrogen-bond acceptors (Lipinski definition) is 4. The number of imidazole rings is 1. The van der Waals surface area contributed by atoms with Crippen molar-refractivity contribution < 1.29 is 4.42 Å². The van der Waals surface area contributed by atoms with Crippen molar-refractivity contribution in [2.45, 2.75) is 0 Å². The van der Waals surface area contributed by atoms with Gasteiger partial charge in [-0.15, -0.1) is 0 Å². The summed E-state index contributed by atoms with van der Waals surface area (Å²) in [6.07, 6.45) is 0.